The van der Waals surface area contributed by atoms with Crippen LogP contribution in [0.4, 0.5) is 0 Å². The lowest BCUT2D eigenvalue weighted by Gasteiger charge is -2.23. The standard InChI is InChI=1S/C13H20O5/c1-8(2)5-6-15-10-9(7-14)16-12-11(10)17-13(3,4)18-12/h5,7,9-12H,6H2,1-4H3/t9-,10+,11+,12+/m0/s1. The molecule has 0 aromatic heterocycles. The Hall–Kier alpha value is -0.750. The van der Waals surface area contributed by atoms with Gasteiger partial charge in [0.25, 0.3) is 0 Å². The number of carbonyl (C=O) groups is 1. The summed E-state index contributed by atoms with van der Waals surface area (Å²) >= 11 is 0. The van der Waals surface area contributed by atoms with Gasteiger partial charge in [-0.1, -0.05) is 11.6 Å². The van der Waals surface area contributed by atoms with Crippen LogP contribution < -0.4 is 0 Å². The van der Waals surface area contributed by atoms with Crippen LogP contribution in [0.25, 0.3) is 0 Å². The summed E-state index contributed by atoms with van der Waals surface area (Å²) in [6.07, 6.45) is 0.792. The Balaban J connectivity index is 2.01. The SMILES string of the molecule is CC(C)=CCO[C@H]1[C@H]2OC(C)(C)O[C@H]2O[C@H]1C=O. The molecule has 0 spiro atoms. The van der Waals surface area contributed by atoms with E-state index in [1.165, 1.54) is 0 Å². The third kappa shape index (κ3) is 2.80. The Morgan fingerprint density at radius 1 is 1.33 bits per heavy atom. The molecule has 0 unspecified atom stereocenters. The van der Waals surface area contributed by atoms with E-state index in [9.17, 15) is 4.79 Å². The molecule has 2 fully saturated rings. The van der Waals surface area contributed by atoms with E-state index < -0.39 is 24.3 Å². The number of aldehydes is 1. The number of hydrogen-bond acceptors (Lipinski definition) is 5. The molecule has 0 aliphatic carbocycles. The van der Waals surface area contributed by atoms with E-state index in [-0.39, 0.29) is 6.10 Å². The largest absolute Gasteiger partial charge is 0.368 e. The fourth-order valence-electron chi connectivity index (χ4n) is 2.13. The molecule has 2 rings (SSSR count). The van der Waals surface area contributed by atoms with Crippen LogP contribution >= 0.6 is 0 Å². The molecule has 18 heavy (non-hydrogen) atoms. The van der Waals surface area contributed by atoms with E-state index in [0.717, 1.165) is 11.9 Å². The number of fused-ring (bicyclic) bond motifs is 1. The number of ether oxygens (including phenoxy) is 4. The Labute approximate surface area is 107 Å². The van der Waals surface area contributed by atoms with Crippen LogP contribution in [0.3, 0.4) is 0 Å². The third-order valence-corrected chi connectivity index (χ3v) is 2.94. The van der Waals surface area contributed by atoms with E-state index >= 15 is 0 Å². The number of rotatable bonds is 4. The van der Waals surface area contributed by atoms with Crippen molar-refractivity contribution in [3.63, 3.8) is 0 Å². The van der Waals surface area contributed by atoms with Gasteiger partial charge in [-0.2, -0.15) is 0 Å². The second kappa shape index (κ2) is 5.09. The fourth-order valence-corrected chi connectivity index (χ4v) is 2.13. The maximum Gasteiger partial charge on any atom is 0.190 e. The maximum absolute atomic E-state index is 11.0. The molecule has 0 N–H and O–H groups in total. The second-order valence-electron chi connectivity index (χ2n) is 5.28. The summed E-state index contributed by atoms with van der Waals surface area (Å²) in [6.45, 7) is 8.06. The predicted octanol–water partition coefficient (Wildman–Crippen LogP) is 1.41. The highest BCUT2D eigenvalue weighted by atomic mass is 16.8. The summed E-state index contributed by atoms with van der Waals surface area (Å²) in [7, 11) is 0. The molecule has 0 aromatic carbocycles. The van der Waals surface area contributed by atoms with Gasteiger partial charge in [-0.05, 0) is 27.7 Å². The van der Waals surface area contributed by atoms with Gasteiger partial charge >= 0.3 is 0 Å². The van der Waals surface area contributed by atoms with Crippen molar-refractivity contribution in [2.45, 2.75) is 58.1 Å². The Kier molecular flexibility index (Phi) is 3.87. The maximum atomic E-state index is 11.0. The van der Waals surface area contributed by atoms with Crippen molar-refractivity contribution in [1.82, 2.24) is 0 Å². The highest BCUT2D eigenvalue weighted by molar-refractivity contribution is 5.58. The van der Waals surface area contributed by atoms with Crippen molar-refractivity contribution in [2.75, 3.05) is 6.61 Å². The Bertz CT molecular complexity index is 345. The number of allylic oxidation sites excluding steroid dienone is 1. The monoisotopic (exact) mass is 256 g/mol. The molecule has 0 bridgehead atoms. The van der Waals surface area contributed by atoms with Crippen molar-refractivity contribution in [3.05, 3.63) is 11.6 Å². The summed E-state index contributed by atoms with van der Waals surface area (Å²) in [5.74, 6) is -0.693. The van der Waals surface area contributed by atoms with Crippen LogP contribution in [0.5, 0.6) is 0 Å². The van der Waals surface area contributed by atoms with Gasteiger partial charge in [0, 0.05) is 0 Å². The molecule has 5 nitrogen and oxygen atoms in total. The molecule has 5 heteroatoms. The Morgan fingerprint density at radius 3 is 2.67 bits per heavy atom. The lowest BCUT2D eigenvalue weighted by Crippen LogP contribution is -2.37. The van der Waals surface area contributed by atoms with Crippen LogP contribution in [0.2, 0.25) is 0 Å². The molecule has 0 aromatic rings. The Morgan fingerprint density at radius 2 is 2.06 bits per heavy atom. The summed E-state index contributed by atoms with van der Waals surface area (Å²) in [5.41, 5.74) is 1.16. The van der Waals surface area contributed by atoms with Gasteiger partial charge in [-0.25, -0.2) is 0 Å². The van der Waals surface area contributed by atoms with Crippen LogP contribution in [0.15, 0.2) is 11.6 Å². The lowest BCUT2D eigenvalue weighted by molar-refractivity contribution is -0.214. The molecule has 2 aliphatic heterocycles. The molecule has 2 aliphatic rings. The van der Waals surface area contributed by atoms with Crippen molar-refractivity contribution < 1.29 is 23.7 Å². The van der Waals surface area contributed by atoms with E-state index in [0.29, 0.717) is 6.61 Å². The first kappa shape index (κ1) is 13.7. The van der Waals surface area contributed by atoms with E-state index in [4.69, 9.17) is 18.9 Å². The molecular formula is C13H20O5. The minimum atomic E-state index is -0.693. The number of hydrogen-bond donors (Lipinski definition) is 0. The average molecular weight is 256 g/mol. The van der Waals surface area contributed by atoms with Gasteiger partial charge in [0.05, 0.1) is 6.61 Å². The average Bonchev–Trinajstić information content (AvgIpc) is 2.71. The van der Waals surface area contributed by atoms with Gasteiger partial charge in [0.15, 0.2) is 18.4 Å². The molecule has 0 radical (unpaired) electrons. The first-order valence-electron chi connectivity index (χ1n) is 6.14. The quantitative estimate of drug-likeness (QED) is 0.562. The van der Waals surface area contributed by atoms with Crippen molar-refractivity contribution in [1.29, 1.82) is 0 Å². The normalized spacial score (nSPS) is 37.3. The van der Waals surface area contributed by atoms with Crippen molar-refractivity contribution in [2.24, 2.45) is 0 Å². The van der Waals surface area contributed by atoms with Gasteiger partial charge in [-0.15, -0.1) is 0 Å². The summed E-state index contributed by atoms with van der Waals surface area (Å²) in [5, 5.41) is 0. The highest BCUT2D eigenvalue weighted by Gasteiger charge is 2.55. The zero-order chi connectivity index (χ0) is 13.3. The van der Waals surface area contributed by atoms with Crippen LogP contribution in [-0.4, -0.2) is 43.3 Å². The van der Waals surface area contributed by atoms with E-state index in [2.05, 4.69) is 0 Å². The van der Waals surface area contributed by atoms with Gasteiger partial charge in [0.2, 0.25) is 0 Å². The lowest BCUT2D eigenvalue weighted by atomic mass is 10.1. The smallest absolute Gasteiger partial charge is 0.190 e. The van der Waals surface area contributed by atoms with E-state index in [1.54, 1.807) is 0 Å². The van der Waals surface area contributed by atoms with Crippen LogP contribution in [0, 0.1) is 0 Å². The molecular weight excluding hydrogens is 236 g/mol. The minimum Gasteiger partial charge on any atom is -0.368 e. The van der Waals surface area contributed by atoms with E-state index in [1.807, 2.05) is 33.8 Å². The summed E-state index contributed by atoms with van der Waals surface area (Å²) in [4.78, 5) is 11.0. The van der Waals surface area contributed by atoms with Crippen molar-refractivity contribution >= 4 is 6.29 Å². The van der Waals surface area contributed by atoms with Gasteiger partial charge < -0.3 is 23.7 Å². The van der Waals surface area contributed by atoms with Crippen molar-refractivity contribution in [3.8, 4) is 0 Å². The molecule has 2 saturated heterocycles. The van der Waals surface area contributed by atoms with Crippen LogP contribution in [0.1, 0.15) is 27.7 Å². The second-order valence-corrected chi connectivity index (χ2v) is 5.28. The fraction of sp³-hybridized carbons (Fsp3) is 0.769. The first-order chi connectivity index (χ1) is 8.43. The summed E-state index contributed by atoms with van der Waals surface area (Å²) in [6, 6.07) is 0. The first-order valence-corrected chi connectivity index (χ1v) is 6.14. The minimum absolute atomic E-state index is 0.347. The topological polar surface area (TPSA) is 54.0 Å². The molecule has 2 heterocycles. The van der Waals surface area contributed by atoms with Gasteiger partial charge in [-0.3, -0.25) is 0 Å². The molecule has 4 atom stereocenters. The molecule has 0 saturated carbocycles. The third-order valence-electron chi connectivity index (χ3n) is 2.94. The molecule has 102 valence electrons. The predicted molar refractivity (Wildman–Crippen MR) is 63.9 cm³/mol. The zero-order valence-electron chi connectivity index (χ0n) is 11.2. The summed E-state index contributed by atoms with van der Waals surface area (Å²) < 4.78 is 22.5. The van der Waals surface area contributed by atoms with Gasteiger partial charge in [0.1, 0.15) is 18.3 Å². The molecule has 0 amide bonds. The zero-order valence-corrected chi connectivity index (χ0v) is 11.2. The highest BCUT2D eigenvalue weighted by Crippen LogP contribution is 2.38. The number of carbonyl (C=O) groups excluding carboxylic acids is 1. The van der Waals surface area contributed by atoms with Crippen LogP contribution in [-0.2, 0) is 23.7 Å².